The highest BCUT2D eigenvalue weighted by molar-refractivity contribution is 5.74. The van der Waals surface area contributed by atoms with Crippen molar-refractivity contribution < 1.29 is 9.90 Å². The van der Waals surface area contributed by atoms with Gasteiger partial charge in [-0.25, -0.2) is 4.79 Å². The second kappa shape index (κ2) is 7.70. The van der Waals surface area contributed by atoms with Crippen molar-refractivity contribution in [2.75, 3.05) is 45.9 Å². The smallest absolute Gasteiger partial charge is 0.317 e. The lowest BCUT2D eigenvalue weighted by Crippen LogP contribution is -2.52. The first-order chi connectivity index (χ1) is 9.29. The number of urea groups is 1. The molecule has 2 aliphatic rings. The maximum absolute atomic E-state index is 12.1. The number of carbonyl (C=O) groups excluding carboxylic acids is 1. The van der Waals surface area contributed by atoms with E-state index in [9.17, 15) is 4.79 Å². The Bertz CT molecular complexity index is 272. The van der Waals surface area contributed by atoms with Crippen LogP contribution >= 0.6 is 0 Å². The Morgan fingerprint density at radius 2 is 1.79 bits per heavy atom. The number of rotatable bonds is 4. The number of β-amino-alcohol motifs (C(OH)–C–C–N with tert-alkyl or cyclic N) is 1. The molecule has 2 fully saturated rings. The van der Waals surface area contributed by atoms with E-state index in [1.165, 1.54) is 32.1 Å². The summed E-state index contributed by atoms with van der Waals surface area (Å²) in [4.78, 5) is 16.2. The highest BCUT2D eigenvalue weighted by atomic mass is 16.3. The van der Waals surface area contributed by atoms with Gasteiger partial charge in [0.25, 0.3) is 0 Å². The van der Waals surface area contributed by atoms with Crippen molar-refractivity contribution in [1.82, 2.24) is 15.1 Å². The summed E-state index contributed by atoms with van der Waals surface area (Å²) in [5, 5.41) is 12.0. The SMILES string of the molecule is O=C(NCC1CCCCC1)N1CCN(CCO)CC1. The van der Waals surface area contributed by atoms with Crippen LogP contribution in [0.5, 0.6) is 0 Å². The molecule has 0 spiro atoms. The standard InChI is InChI=1S/C14H27N3O2/c18-11-10-16-6-8-17(9-7-16)14(19)15-12-13-4-2-1-3-5-13/h13,18H,1-12H2,(H,15,19). The van der Waals surface area contributed by atoms with Crippen LogP contribution in [0, 0.1) is 5.92 Å². The molecule has 1 heterocycles. The van der Waals surface area contributed by atoms with Gasteiger partial charge < -0.3 is 15.3 Å². The molecule has 0 atom stereocenters. The van der Waals surface area contributed by atoms with Crippen molar-refractivity contribution in [3.63, 3.8) is 0 Å². The molecular weight excluding hydrogens is 242 g/mol. The molecule has 1 saturated heterocycles. The number of hydrogen-bond donors (Lipinski definition) is 2. The van der Waals surface area contributed by atoms with Gasteiger partial charge in [0, 0.05) is 39.3 Å². The van der Waals surface area contributed by atoms with Crippen molar-refractivity contribution in [2.45, 2.75) is 32.1 Å². The molecule has 0 aromatic heterocycles. The summed E-state index contributed by atoms with van der Waals surface area (Å²) in [6.45, 7) is 5.06. The summed E-state index contributed by atoms with van der Waals surface area (Å²) in [6, 6.07) is 0.0919. The Labute approximate surface area is 115 Å². The minimum atomic E-state index is 0.0919. The molecule has 2 rings (SSSR count). The molecule has 1 aliphatic heterocycles. The molecule has 1 saturated carbocycles. The molecular formula is C14H27N3O2. The molecule has 0 aromatic carbocycles. The van der Waals surface area contributed by atoms with E-state index >= 15 is 0 Å². The summed E-state index contributed by atoms with van der Waals surface area (Å²) in [7, 11) is 0. The quantitative estimate of drug-likeness (QED) is 0.797. The Morgan fingerprint density at radius 3 is 2.42 bits per heavy atom. The van der Waals surface area contributed by atoms with Gasteiger partial charge in [-0.2, -0.15) is 0 Å². The Kier molecular flexibility index (Phi) is 5.92. The molecule has 0 aromatic rings. The van der Waals surface area contributed by atoms with E-state index in [4.69, 9.17) is 5.11 Å². The van der Waals surface area contributed by atoms with Crippen LogP contribution in [0.25, 0.3) is 0 Å². The lowest BCUT2D eigenvalue weighted by molar-refractivity contribution is 0.121. The van der Waals surface area contributed by atoms with Crippen molar-refractivity contribution in [3.05, 3.63) is 0 Å². The van der Waals surface area contributed by atoms with Gasteiger partial charge in [0.1, 0.15) is 0 Å². The molecule has 1 aliphatic carbocycles. The molecule has 0 unspecified atom stereocenters. The van der Waals surface area contributed by atoms with E-state index in [1.807, 2.05) is 4.90 Å². The largest absolute Gasteiger partial charge is 0.395 e. The van der Waals surface area contributed by atoms with Crippen LogP contribution < -0.4 is 5.32 Å². The summed E-state index contributed by atoms with van der Waals surface area (Å²) in [6.07, 6.45) is 6.53. The summed E-state index contributed by atoms with van der Waals surface area (Å²) < 4.78 is 0. The number of nitrogens with one attached hydrogen (secondary N) is 1. The summed E-state index contributed by atoms with van der Waals surface area (Å²) >= 11 is 0. The van der Waals surface area contributed by atoms with Crippen molar-refractivity contribution in [2.24, 2.45) is 5.92 Å². The van der Waals surface area contributed by atoms with Gasteiger partial charge in [-0.15, -0.1) is 0 Å². The van der Waals surface area contributed by atoms with E-state index < -0.39 is 0 Å². The average Bonchev–Trinajstić information content (AvgIpc) is 2.47. The normalized spacial score (nSPS) is 22.5. The Hall–Kier alpha value is -0.810. The molecule has 5 nitrogen and oxygen atoms in total. The summed E-state index contributed by atoms with van der Waals surface area (Å²) in [5.41, 5.74) is 0. The number of piperazine rings is 1. The van der Waals surface area contributed by atoms with Crippen LogP contribution in [0.4, 0.5) is 4.79 Å². The molecule has 110 valence electrons. The van der Waals surface area contributed by atoms with Gasteiger partial charge in [-0.1, -0.05) is 19.3 Å². The molecule has 0 radical (unpaired) electrons. The predicted molar refractivity (Wildman–Crippen MR) is 75.1 cm³/mol. The Morgan fingerprint density at radius 1 is 1.11 bits per heavy atom. The third-order valence-corrected chi connectivity index (χ3v) is 4.34. The fourth-order valence-electron chi connectivity index (χ4n) is 3.05. The second-order valence-electron chi connectivity index (χ2n) is 5.74. The predicted octanol–water partition coefficient (Wildman–Crippen LogP) is 0.886. The van der Waals surface area contributed by atoms with Gasteiger partial charge >= 0.3 is 6.03 Å². The van der Waals surface area contributed by atoms with Crippen LogP contribution in [-0.4, -0.2) is 66.8 Å². The minimum Gasteiger partial charge on any atom is -0.395 e. The third-order valence-electron chi connectivity index (χ3n) is 4.34. The number of amides is 2. The first kappa shape index (κ1) is 14.6. The average molecular weight is 269 g/mol. The van der Waals surface area contributed by atoms with Gasteiger partial charge in [-0.05, 0) is 18.8 Å². The van der Waals surface area contributed by atoms with Crippen LogP contribution in [0.2, 0.25) is 0 Å². The monoisotopic (exact) mass is 269 g/mol. The van der Waals surface area contributed by atoms with Crippen LogP contribution in [-0.2, 0) is 0 Å². The van der Waals surface area contributed by atoms with Gasteiger partial charge in [0.15, 0.2) is 0 Å². The summed E-state index contributed by atoms with van der Waals surface area (Å²) in [5.74, 6) is 0.688. The van der Waals surface area contributed by atoms with E-state index in [2.05, 4.69) is 10.2 Å². The molecule has 19 heavy (non-hydrogen) atoms. The Balaban J connectivity index is 1.63. The number of nitrogens with zero attached hydrogens (tertiary/aromatic N) is 2. The zero-order valence-electron chi connectivity index (χ0n) is 11.8. The van der Waals surface area contributed by atoms with Crippen LogP contribution in [0.3, 0.4) is 0 Å². The molecule has 5 heteroatoms. The van der Waals surface area contributed by atoms with Crippen LogP contribution in [0.15, 0.2) is 0 Å². The maximum atomic E-state index is 12.1. The highest BCUT2D eigenvalue weighted by Gasteiger charge is 2.21. The maximum Gasteiger partial charge on any atom is 0.317 e. The topological polar surface area (TPSA) is 55.8 Å². The van der Waals surface area contributed by atoms with E-state index in [0.717, 1.165) is 39.3 Å². The first-order valence-electron chi connectivity index (χ1n) is 7.65. The van der Waals surface area contributed by atoms with Gasteiger partial charge in [-0.3, -0.25) is 4.90 Å². The van der Waals surface area contributed by atoms with Crippen molar-refractivity contribution in [3.8, 4) is 0 Å². The number of aliphatic hydroxyl groups is 1. The van der Waals surface area contributed by atoms with E-state index in [-0.39, 0.29) is 12.6 Å². The second-order valence-corrected chi connectivity index (χ2v) is 5.74. The number of hydrogen-bond acceptors (Lipinski definition) is 3. The van der Waals surface area contributed by atoms with E-state index in [1.54, 1.807) is 0 Å². The minimum absolute atomic E-state index is 0.0919. The lowest BCUT2D eigenvalue weighted by atomic mass is 9.89. The molecule has 0 bridgehead atoms. The third kappa shape index (κ3) is 4.66. The van der Waals surface area contributed by atoms with Gasteiger partial charge in [0.05, 0.1) is 6.61 Å². The zero-order valence-corrected chi connectivity index (χ0v) is 11.8. The van der Waals surface area contributed by atoms with Crippen molar-refractivity contribution in [1.29, 1.82) is 0 Å². The van der Waals surface area contributed by atoms with E-state index in [0.29, 0.717) is 5.92 Å². The lowest BCUT2D eigenvalue weighted by Gasteiger charge is -2.34. The number of carbonyl (C=O) groups is 1. The molecule has 2 N–H and O–H groups in total. The number of aliphatic hydroxyl groups excluding tert-OH is 1. The fourth-order valence-corrected chi connectivity index (χ4v) is 3.05. The zero-order chi connectivity index (χ0) is 13.5. The highest BCUT2D eigenvalue weighted by Crippen LogP contribution is 2.22. The fraction of sp³-hybridized carbons (Fsp3) is 0.929. The molecule has 2 amide bonds. The first-order valence-corrected chi connectivity index (χ1v) is 7.65. The van der Waals surface area contributed by atoms with Gasteiger partial charge in [0.2, 0.25) is 0 Å². The van der Waals surface area contributed by atoms with Crippen LogP contribution in [0.1, 0.15) is 32.1 Å². The van der Waals surface area contributed by atoms with Crippen molar-refractivity contribution >= 4 is 6.03 Å².